The van der Waals surface area contributed by atoms with E-state index in [1.165, 1.54) is 0 Å². The lowest BCUT2D eigenvalue weighted by atomic mass is 10.3. The lowest BCUT2D eigenvalue weighted by Crippen LogP contribution is -2.37. The van der Waals surface area contributed by atoms with E-state index in [4.69, 9.17) is 4.74 Å². The molecule has 0 aromatic heterocycles. The van der Waals surface area contributed by atoms with Gasteiger partial charge in [-0.3, -0.25) is 0 Å². The molecule has 1 heterocycles. The number of morpholine rings is 1. The molecule has 1 rings (SSSR count). The first kappa shape index (κ1) is 6.05. The molecule has 0 amide bonds. The highest BCUT2D eigenvalue weighted by molar-refractivity contribution is 4.66. The van der Waals surface area contributed by atoms with Crippen molar-refractivity contribution in [2.24, 2.45) is 0 Å². The minimum Gasteiger partial charge on any atom is -0.373 e. The van der Waals surface area contributed by atoms with E-state index in [-0.39, 0.29) is 0 Å². The molecule has 2 atom stereocenters. The molecular weight excluding hydrogens is 102 g/mol. The quantitative estimate of drug-likeness (QED) is 0.447. The van der Waals surface area contributed by atoms with E-state index < -0.39 is 0 Å². The Balaban J connectivity index is 2.23. The Labute approximate surface area is 50.2 Å². The van der Waals surface area contributed by atoms with Crippen LogP contribution in [0.2, 0.25) is 0 Å². The van der Waals surface area contributed by atoms with Gasteiger partial charge in [-0.25, -0.2) is 5.32 Å². The van der Waals surface area contributed by atoms with E-state index in [0.717, 1.165) is 13.1 Å². The molecule has 0 aliphatic carbocycles. The zero-order valence-corrected chi connectivity index (χ0v) is 5.42. The van der Waals surface area contributed by atoms with Gasteiger partial charge < -0.3 is 4.74 Å². The lowest BCUT2D eigenvalue weighted by Gasteiger charge is -2.24. The zero-order chi connectivity index (χ0) is 5.98. The van der Waals surface area contributed by atoms with Gasteiger partial charge in [-0.15, -0.1) is 0 Å². The van der Waals surface area contributed by atoms with Crippen molar-refractivity contribution in [1.82, 2.24) is 5.32 Å². The van der Waals surface area contributed by atoms with E-state index in [9.17, 15) is 0 Å². The normalized spacial score (nSPS) is 39.8. The van der Waals surface area contributed by atoms with E-state index in [1.54, 1.807) is 0 Å². The number of hydrogen-bond acceptors (Lipinski definition) is 1. The second kappa shape index (κ2) is 2.46. The van der Waals surface area contributed by atoms with Crippen molar-refractivity contribution < 1.29 is 4.74 Å². The van der Waals surface area contributed by atoms with E-state index in [0.29, 0.717) is 12.2 Å². The van der Waals surface area contributed by atoms with Crippen LogP contribution in [0.25, 0.3) is 0 Å². The highest BCUT2D eigenvalue weighted by Gasteiger charge is 2.14. The molecule has 0 saturated carbocycles. The maximum atomic E-state index is 5.39. The summed E-state index contributed by atoms with van der Waals surface area (Å²) in [5.41, 5.74) is 0. The van der Waals surface area contributed by atoms with Crippen molar-refractivity contribution >= 4 is 0 Å². The van der Waals surface area contributed by atoms with Crippen LogP contribution in [0.4, 0.5) is 0 Å². The van der Waals surface area contributed by atoms with Gasteiger partial charge in [0.05, 0.1) is 12.2 Å². The smallest absolute Gasteiger partial charge is 0.0692 e. The molecule has 0 aromatic rings. The van der Waals surface area contributed by atoms with Gasteiger partial charge in [-0.2, -0.15) is 0 Å². The third-order valence-corrected chi connectivity index (χ3v) is 1.24. The summed E-state index contributed by atoms with van der Waals surface area (Å²) in [5.74, 6) is 0. The number of nitrogens with zero attached hydrogens (tertiary/aromatic N) is 1. The maximum Gasteiger partial charge on any atom is 0.0692 e. The largest absolute Gasteiger partial charge is 0.373 e. The SMILES string of the molecule is C[C@@H]1C[N]C[C@@H](C)O1. The summed E-state index contributed by atoms with van der Waals surface area (Å²) in [5, 5.41) is 4.21. The Kier molecular flexibility index (Phi) is 1.86. The molecule has 0 aromatic carbocycles. The number of hydrogen-bond donors (Lipinski definition) is 0. The summed E-state index contributed by atoms with van der Waals surface area (Å²) in [6, 6.07) is 0. The van der Waals surface area contributed by atoms with E-state index in [1.807, 2.05) is 0 Å². The molecule has 0 unspecified atom stereocenters. The van der Waals surface area contributed by atoms with Crippen LogP contribution in [0.15, 0.2) is 0 Å². The summed E-state index contributed by atoms with van der Waals surface area (Å²) in [6.45, 7) is 5.87. The van der Waals surface area contributed by atoms with Crippen LogP contribution < -0.4 is 5.32 Å². The standard InChI is InChI=1S/C6H12NO/c1-5-3-7-4-6(2)8-5/h5-6H,3-4H2,1-2H3/t5-,6-/m1/s1. The number of rotatable bonds is 0. The van der Waals surface area contributed by atoms with Crippen LogP contribution in [0, 0.1) is 0 Å². The number of ether oxygens (including phenoxy) is 1. The highest BCUT2D eigenvalue weighted by Crippen LogP contribution is 2.01. The average molecular weight is 114 g/mol. The predicted octanol–water partition coefficient (Wildman–Crippen LogP) is 0.398. The molecular formula is C6H12NO. The fourth-order valence-corrected chi connectivity index (χ4v) is 0.921. The van der Waals surface area contributed by atoms with Gasteiger partial charge >= 0.3 is 0 Å². The van der Waals surface area contributed by atoms with Gasteiger partial charge in [0.1, 0.15) is 0 Å². The molecule has 47 valence electrons. The van der Waals surface area contributed by atoms with Gasteiger partial charge in [0.2, 0.25) is 0 Å². The second-order valence-corrected chi connectivity index (χ2v) is 2.35. The fraction of sp³-hybridized carbons (Fsp3) is 1.00. The van der Waals surface area contributed by atoms with Crippen LogP contribution in [0.1, 0.15) is 13.8 Å². The predicted molar refractivity (Wildman–Crippen MR) is 31.9 cm³/mol. The lowest BCUT2D eigenvalue weighted by molar-refractivity contribution is -0.0181. The van der Waals surface area contributed by atoms with E-state index >= 15 is 0 Å². The van der Waals surface area contributed by atoms with Crippen molar-refractivity contribution in [2.75, 3.05) is 13.1 Å². The first-order chi connectivity index (χ1) is 3.79. The van der Waals surface area contributed by atoms with Crippen LogP contribution in [-0.4, -0.2) is 25.3 Å². The molecule has 0 N–H and O–H groups in total. The molecule has 1 aliphatic rings. The van der Waals surface area contributed by atoms with Gasteiger partial charge in [-0.05, 0) is 13.8 Å². The van der Waals surface area contributed by atoms with Crippen molar-refractivity contribution in [3.8, 4) is 0 Å². The molecule has 1 radical (unpaired) electrons. The Morgan fingerprint density at radius 1 is 1.25 bits per heavy atom. The maximum absolute atomic E-state index is 5.39. The molecule has 0 bridgehead atoms. The topological polar surface area (TPSA) is 23.3 Å². The molecule has 2 heteroatoms. The Hall–Kier alpha value is -0.0800. The monoisotopic (exact) mass is 114 g/mol. The van der Waals surface area contributed by atoms with Crippen LogP contribution in [0.5, 0.6) is 0 Å². The summed E-state index contributed by atoms with van der Waals surface area (Å²) in [6.07, 6.45) is 0.692. The Bertz CT molecular complexity index is 66.9. The van der Waals surface area contributed by atoms with E-state index in [2.05, 4.69) is 19.2 Å². The third-order valence-electron chi connectivity index (χ3n) is 1.24. The van der Waals surface area contributed by atoms with Gasteiger partial charge in [0, 0.05) is 13.1 Å². The van der Waals surface area contributed by atoms with Crippen molar-refractivity contribution in [3.63, 3.8) is 0 Å². The average Bonchev–Trinajstić information content (AvgIpc) is 1.64. The summed E-state index contributed by atoms with van der Waals surface area (Å²) >= 11 is 0. The van der Waals surface area contributed by atoms with Gasteiger partial charge in [0.15, 0.2) is 0 Å². The second-order valence-electron chi connectivity index (χ2n) is 2.35. The molecule has 1 aliphatic heterocycles. The zero-order valence-electron chi connectivity index (χ0n) is 5.42. The molecule has 1 fully saturated rings. The minimum absolute atomic E-state index is 0.346. The van der Waals surface area contributed by atoms with Gasteiger partial charge in [-0.1, -0.05) is 0 Å². The molecule has 1 saturated heterocycles. The van der Waals surface area contributed by atoms with Crippen molar-refractivity contribution in [1.29, 1.82) is 0 Å². The Morgan fingerprint density at radius 2 is 1.75 bits per heavy atom. The summed E-state index contributed by atoms with van der Waals surface area (Å²) < 4.78 is 5.39. The third kappa shape index (κ3) is 1.46. The first-order valence-corrected chi connectivity index (χ1v) is 3.08. The first-order valence-electron chi connectivity index (χ1n) is 3.08. The van der Waals surface area contributed by atoms with Crippen LogP contribution in [0.3, 0.4) is 0 Å². The van der Waals surface area contributed by atoms with Crippen LogP contribution in [-0.2, 0) is 4.74 Å². The minimum atomic E-state index is 0.346. The molecule has 0 spiro atoms. The highest BCUT2D eigenvalue weighted by atomic mass is 16.5. The van der Waals surface area contributed by atoms with Crippen molar-refractivity contribution in [2.45, 2.75) is 26.1 Å². The van der Waals surface area contributed by atoms with Crippen LogP contribution >= 0.6 is 0 Å². The van der Waals surface area contributed by atoms with Crippen molar-refractivity contribution in [3.05, 3.63) is 0 Å². The molecule has 8 heavy (non-hydrogen) atoms. The summed E-state index contributed by atoms with van der Waals surface area (Å²) in [4.78, 5) is 0. The summed E-state index contributed by atoms with van der Waals surface area (Å²) in [7, 11) is 0. The molecule has 2 nitrogen and oxygen atoms in total. The van der Waals surface area contributed by atoms with Gasteiger partial charge in [0.25, 0.3) is 0 Å². The Morgan fingerprint density at radius 3 is 2.00 bits per heavy atom. The fourth-order valence-electron chi connectivity index (χ4n) is 0.921.